The molecule has 0 saturated heterocycles. The number of benzene rings is 2. The van der Waals surface area contributed by atoms with Crippen molar-refractivity contribution in [3.8, 4) is 5.69 Å². The van der Waals surface area contributed by atoms with Crippen molar-refractivity contribution in [2.24, 2.45) is 0 Å². The molecule has 0 radical (unpaired) electrons. The second-order valence-corrected chi connectivity index (χ2v) is 12.1. The smallest absolute Gasteiger partial charge is 0.267 e. The van der Waals surface area contributed by atoms with E-state index in [1.54, 1.807) is 15.9 Å². The molecule has 2 aromatic carbocycles. The minimum Gasteiger partial charge on any atom is -0.324 e. The molecule has 186 valence electrons. The molecule has 4 aromatic rings. The van der Waals surface area contributed by atoms with Crippen LogP contribution < -0.4 is 10.9 Å². The van der Waals surface area contributed by atoms with E-state index < -0.39 is 0 Å². The minimum atomic E-state index is -0.299. The third-order valence-electron chi connectivity index (χ3n) is 6.04. The summed E-state index contributed by atoms with van der Waals surface area (Å²) in [5, 5.41) is 4.85. The highest BCUT2D eigenvalue weighted by atomic mass is 35.5. The van der Waals surface area contributed by atoms with E-state index in [9.17, 15) is 9.59 Å². The van der Waals surface area contributed by atoms with Crippen LogP contribution in [0.2, 0.25) is 15.1 Å². The highest BCUT2D eigenvalue weighted by Crippen LogP contribution is 2.36. The largest absolute Gasteiger partial charge is 0.324 e. The number of hydrogen-bond acceptors (Lipinski definition) is 5. The molecule has 1 N–H and O–H groups in total. The molecule has 10 heteroatoms. The molecule has 5 nitrogen and oxygen atoms in total. The number of halogens is 3. The zero-order valence-corrected chi connectivity index (χ0v) is 23.5. The zero-order valence-electron chi connectivity index (χ0n) is 19.6. The molecule has 0 fully saturated rings. The number of nitrogens with zero attached hydrogens (tertiary/aromatic N) is 2. The summed E-state index contributed by atoms with van der Waals surface area (Å²) in [6.07, 6.45) is 4.09. The highest BCUT2D eigenvalue weighted by Gasteiger charge is 2.23. The van der Waals surface area contributed by atoms with Gasteiger partial charge in [-0.15, -0.1) is 11.3 Å². The van der Waals surface area contributed by atoms with Crippen molar-refractivity contribution in [3.63, 3.8) is 0 Å². The van der Waals surface area contributed by atoms with Gasteiger partial charge in [-0.25, -0.2) is 4.98 Å². The molecule has 1 aliphatic rings. The molecule has 0 atom stereocenters. The Bertz CT molecular complexity index is 1560. The van der Waals surface area contributed by atoms with Crippen molar-refractivity contribution in [1.82, 2.24) is 9.55 Å². The number of fused-ring (bicyclic) bond motifs is 3. The molecular formula is C26H22Cl3N3O2S2. The van der Waals surface area contributed by atoms with Gasteiger partial charge >= 0.3 is 0 Å². The van der Waals surface area contributed by atoms with Crippen molar-refractivity contribution in [2.45, 2.75) is 44.7 Å². The van der Waals surface area contributed by atoms with E-state index in [-0.39, 0.29) is 17.2 Å². The summed E-state index contributed by atoms with van der Waals surface area (Å²) in [4.78, 5) is 33.6. The van der Waals surface area contributed by atoms with Gasteiger partial charge < -0.3 is 5.32 Å². The van der Waals surface area contributed by atoms with Crippen LogP contribution in [0.15, 0.2) is 40.3 Å². The minimum absolute atomic E-state index is 0.0322. The van der Waals surface area contributed by atoms with Gasteiger partial charge in [-0.05, 0) is 80.5 Å². The molecule has 0 spiro atoms. The van der Waals surface area contributed by atoms with Crippen LogP contribution in [0, 0.1) is 13.8 Å². The van der Waals surface area contributed by atoms with E-state index in [0.717, 1.165) is 52.9 Å². The zero-order chi connectivity index (χ0) is 25.6. The first kappa shape index (κ1) is 25.6. The van der Waals surface area contributed by atoms with Crippen LogP contribution >= 0.6 is 57.9 Å². The lowest BCUT2D eigenvalue weighted by Crippen LogP contribution is -2.23. The molecule has 0 saturated carbocycles. The summed E-state index contributed by atoms with van der Waals surface area (Å²) in [5.74, 6) is -0.267. The highest BCUT2D eigenvalue weighted by molar-refractivity contribution is 7.99. The third-order valence-corrected chi connectivity index (χ3v) is 9.20. The van der Waals surface area contributed by atoms with Crippen molar-refractivity contribution >= 4 is 79.7 Å². The maximum absolute atomic E-state index is 13.9. The van der Waals surface area contributed by atoms with Gasteiger partial charge in [0.25, 0.3) is 5.56 Å². The fourth-order valence-electron chi connectivity index (χ4n) is 4.53. The van der Waals surface area contributed by atoms with E-state index >= 15 is 0 Å². The summed E-state index contributed by atoms with van der Waals surface area (Å²) in [6, 6.07) is 9.01. The Balaban J connectivity index is 1.53. The van der Waals surface area contributed by atoms with Crippen molar-refractivity contribution in [3.05, 3.63) is 77.3 Å². The lowest BCUT2D eigenvalue weighted by Gasteiger charge is -2.15. The van der Waals surface area contributed by atoms with Gasteiger partial charge in [0, 0.05) is 4.88 Å². The van der Waals surface area contributed by atoms with Gasteiger partial charge in [0.15, 0.2) is 5.16 Å². The molecule has 0 aliphatic heterocycles. The molecule has 5 rings (SSSR count). The topological polar surface area (TPSA) is 64.0 Å². The Labute approximate surface area is 231 Å². The SMILES string of the molecule is Cc1cc(C)cc(-n2c(SCC(=O)Nc3cc(Cl)c(Cl)cc3Cl)nc3sc4c(c3c2=O)CCCC4)c1. The average Bonchev–Trinajstić information content (AvgIpc) is 3.19. The van der Waals surface area contributed by atoms with Gasteiger partial charge in [-0.2, -0.15) is 0 Å². The molecule has 0 bridgehead atoms. The third kappa shape index (κ3) is 5.04. The van der Waals surface area contributed by atoms with Crippen LogP contribution in [-0.2, 0) is 17.6 Å². The van der Waals surface area contributed by atoms with E-state index in [2.05, 4.69) is 11.4 Å². The summed E-state index contributed by atoms with van der Waals surface area (Å²) >= 11 is 21.1. The van der Waals surface area contributed by atoms with E-state index in [1.165, 1.54) is 28.8 Å². The van der Waals surface area contributed by atoms with Crippen molar-refractivity contribution in [2.75, 3.05) is 11.1 Å². The second-order valence-electron chi connectivity index (χ2n) is 8.85. The fraction of sp³-hybridized carbons (Fsp3) is 0.269. The fourth-order valence-corrected chi connectivity index (χ4v) is 7.23. The van der Waals surface area contributed by atoms with E-state index in [1.807, 2.05) is 26.0 Å². The van der Waals surface area contributed by atoms with Crippen LogP contribution in [0.4, 0.5) is 5.69 Å². The number of aryl methyl sites for hydroxylation is 4. The summed E-state index contributed by atoms with van der Waals surface area (Å²) in [7, 11) is 0. The lowest BCUT2D eigenvalue weighted by molar-refractivity contribution is -0.113. The Morgan fingerprint density at radius 2 is 1.72 bits per heavy atom. The molecule has 2 heterocycles. The van der Waals surface area contributed by atoms with Crippen LogP contribution in [0.5, 0.6) is 0 Å². The van der Waals surface area contributed by atoms with Crippen LogP contribution in [0.1, 0.15) is 34.4 Å². The number of amides is 1. The predicted molar refractivity (Wildman–Crippen MR) is 152 cm³/mol. The number of rotatable bonds is 5. The Kier molecular flexibility index (Phi) is 7.39. The maximum atomic E-state index is 13.9. The monoisotopic (exact) mass is 577 g/mol. The van der Waals surface area contributed by atoms with E-state index in [0.29, 0.717) is 31.3 Å². The first-order chi connectivity index (χ1) is 17.2. The Morgan fingerprint density at radius 3 is 2.47 bits per heavy atom. The van der Waals surface area contributed by atoms with Crippen LogP contribution in [0.3, 0.4) is 0 Å². The second kappa shape index (κ2) is 10.4. The first-order valence-corrected chi connectivity index (χ1v) is 14.4. The number of thiophene rings is 1. The van der Waals surface area contributed by atoms with Gasteiger partial charge in [-0.3, -0.25) is 14.2 Å². The number of carbonyl (C=O) groups excluding carboxylic acids is 1. The standard InChI is InChI=1S/C26H22Cl3N3O2S2/c1-13-7-14(2)9-15(8-13)32-25(34)23-16-5-3-4-6-21(16)36-24(23)31-26(32)35-12-22(33)30-20-11-18(28)17(27)10-19(20)29/h7-11H,3-6,12H2,1-2H3,(H,30,33). The number of thioether (sulfide) groups is 1. The summed E-state index contributed by atoms with van der Waals surface area (Å²) in [5.41, 5.74) is 4.27. The molecule has 36 heavy (non-hydrogen) atoms. The number of nitrogens with one attached hydrogen (secondary N) is 1. The van der Waals surface area contributed by atoms with Crippen molar-refractivity contribution in [1.29, 1.82) is 0 Å². The number of carbonyl (C=O) groups is 1. The van der Waals surface area contributed by atoms with Gasteiger partial charge in [-0.1, -0.05) is 52.6 Å². The Hall–Kier alpha value is -2.03. The quantitative estimate of drug-likeness (QED) is 0.150. The van der Waals surface area contributed by atoms with Gasteiger partial charge in [0.05, 0.1) is 37.6 Å². The van der Waals surface area contributed by atoms with Crippen molar-refractivity contribution < 1.29 is 4.79 Å². The molecule has 2 aromatic heterocycles. The number of hydrogen-bond donors (Lipinski definition) is 1. The number of aromatic nitrogens is 2. The van der Waals surface area contributed by atoms with Gasteiger partial charge in [0.1, 0.15) is 4.83 Å². The predicted octanol–water partition coefficient (Wildman–Crippen LogP) is 7.63. The van der Waals surface area contributed by atoms with E-state index in [4.69, 9.17) is 39.8 Å². The van der Waals surface area contributed by atoms with Gasteiger partial charge in [0.2, 0.25) is 5.91 Å². The number of anilines is 1. The maximum Gasteiger partial charge on any atom is 0.267 e. The molecule has 0 unspecified atom stereocenters. The first-order valence-electron chi connectivity index (χ1n) is 11.4. The summed E-state index contributed by atoms with van der Waals surface area (Å²) in [6.45, 7) is 4.00. The molecular weight excluding hydrogens is 557 g/mol. The van der Waals surface area contributed by atoms with Crippen LogP contribution in [-0.4, -0.2) is 21.2 Å². The normalized spacial score (nSPS) is 13.1. The van der Waals surface area contributed by atoms with Crippen LogP contribution in [0.25, 0.3) is 15.9 Å². The summed E-state index contributed by atoms with van der Waals surface area (Å²) < 4.78 is 1.65. The lowest BCUT2D eigenvalue weighted by atomic mass is 9.97. The molecule has 1 amide bonds. The average molecular weight is 579 g/mol. The Morgan fingerprint density at radius 1 is 1.03 bits per heavy atom. The molecule has 1 aliphatic carbocycles.